The van der Waals surface area contributed by atoms with Gasteiger partial charge in [-0.15, -0.1) is 0 Å². The first-order chi connectivity index (χ1) is 7.81. The molecular formula is C13H13N3. The molecule has 1 heterocycles. The summed E-state index contributed by atoms with van der Waals surface area (Å²) in [5.41, 5.74) is 10.2. The van der Waals surface area contributed by atoms with Crippen LogP contribution in [0.5, 0.6) is 0 Å². The summed E-state index contributed by atoms with van der Waals surface area (Å²) < 4.78 is 0. The standard InChI is InChI=1S/C13H13N3/c14-6-8-1-2-12-10(3-8)11-4-9(7-15)5-13(11)16-12/h1-3,9,16H,4-5,7,15H2. The van der Waals surface area contributed by atoms with E-state index in [1.165, 1.54) is 16.6 Å². The van der Waals surface area contributed by atoms with Crippen LogP contribution in [0.4, 0.5) is 0 Å². The Bertz CT molecular complexity index is 589. The molecule has 3 rings (SSSR count). The molecule has 1 atom stereocenters. The van der Waals surface area contributed by atoms with E-state index in [-0.39, 0.29) is 0 Å². The van der Waals surface area contributed by atoms with E-state index in [1.54, 1.807) is 0 Å². The molecule has 1 aliphatic carbocycles. The van der Waals surface area contributed by atoms with Gasteiger partial charge in [-0.25, -0.2) is 0 Å². The summed E-state index contributed by atoms with van der Waals surface area (Å²) in [6.45, 7) is 0.738. The number of nitrogens with zero attached hydrogens (tertiary/aromatic N) is 1. The monoisotopic (exact) mass is 211 g/mol. The smallest absolute Gasteiger partial charge is 0.0991 e. The topological polar surface area (TPSA) is 65.6 Å². The van der Waals surface area contributed by atoms with Crippen molar-refractivity contribution in [1.82, 2.24) is 4.98 Å². The van der Waals surface area contributed by atoms with Crippen molar-refractivity contribution >= 4 is 10.9 Å². The lowest BCUT2D eigenvalue weighted by molar-refractivity contribution is 0.572. The van der Waals surface area contributed by atoms with Gasteiger partial charge in [0.15, 0.2) is 0 Å². The van der Waals surface area contributed by atoms with Crippen LogP contribution in [-0.2, 0) is 12.8 Å². The van der Waals surface area contributed by atoms with Gasteiger partial charge in [0.2, 0.25) is 0 Å². The Balaban J connectivity index is 2.17. The maximum atomic E-state index is 8.90. The number of aromatic amines is 1. The van der Waals surface area contributed by atoms with E-state index >= 15 is 0 Å². The van der Waals surface area contributed by atoms with Gasteiger partial charge in [0.1, 0.15) is 0 Å². The van der Waals surface area contributed by atoms with Crippen LogP contribution < -0.4 is 5.73 Å². The summed E-state index contributed by atoms with van der Waals surface area (Å²) in [6.07, 6.45) is 2.09. The van der Waals surface area contributed by atoms with Crippen molar-refractivity contribution in [1.29, 1.82) is 5.26 Å². The summed E-state index contributed by atoms with van der Waals surface area (Å²) in [6, 6.07) is 8.01. The van der Waals surface area contributed by atoms with Crippen molar-refractivity contribution in [2.45, 2.75) is 12.8 Å². The number of nitrogens with one attached hydrogen (secondary N) is 1. The summed E-state index contributed by atoms with van der Waals surface area (Å²) in [4.78, 5) is 3.43. The number of nitrogens with two attached hydrogens (primary N) is 1. The van der Waals surface area contributed by atoms with Crippen LogP contribution >= 0.6 is 0 Å². The minimum absolute atomic E-state index is 0.566. The Morgan fingerprint density at radius 1 is 1.44 bits per heavy atom. The molecule has 80 valence electrons. The average molecular weight is 211 g/mol. The van der Waals surface area contributed by atoms with Crippen molar-refractivity contribution in [3.8, 4) is 6.07 Å². The SMILES string of the molecule is N#Cc1ccc2[nH]c3c(c2c1)CC(CN)C3. The van der Waals surface area contributed by atoms with Crippen molar-refractivity contribution in [2.24, 2.45) is 11.7 Å². The molecule has 3 nitrogen and oxygen atoms in total. The van der Waals surface area contributed by atoms with E-state index in [1.807, 2.05) is 18.2 Å². The second-order valence-electron chi connectivity index (χ2n) is 4.46. The zero-order valence-electron chi connectivity index (χ0n) is 8.96. The molecule has 3 N–H and O–H groups in total. The maximum absolute atomic E-state index is 8.90. The van der Waals surface area contributed by atoms with Gasteiger partial charge < -0.3 is 10.7 Å². The number of H-pyrrole nitrogens is 1. The predicted molar refractivity (Wildman–Crippen MR) is 63.0 cm³/mol. The van der Waals surface area contributed by atoms with Crippen LogP contribution in [0.15, 0.2) is 18.2 Å². The number of aromatic nitrogens is 1. The molecule has 16 heavy (non-hydrogen) atoms. The van der Waals surface area contributed by atoms with E-state index in [2.05, 4.69) is 11.1 Å². The minimum Gasteiger partial charge on any atom is -0.358 e. The molecule has 1 aromatic heterocycles. The van der Waals surface area contributed by atoms with Crippen LogP contribution in [0, 0.1) is 17.2 Å². The van der Waals surface area contributed by atoms with Crippen LogP contribution in [-0.4, -0.2) is 11.5 Å². The Morgan fingerprint density at radius 2 is 2.31 bits per heavy atom. The molecule has 0 aliphatic heterocycles. The van der Waals surface area contributed by atoms with Gasteiger partial charge in [-0.2, -0.15) is 5.26 Å². The molecule has 1 aliphatic rings. The highest BCUT2D eigenvalue weighted by Gasteiger charge is 2.24. The molecule has 0 saturated heterocycles. The Hall–Kier alpha value is -1.79. The van der Waals surface area contributed by atoms with Gasteiger partial charge >= 0.3 is 0 Å². The summed E-state index contributed by atoms with van der Waals surface area (Å²) in [5.74, 6) is 0.566. The first kappa shape index (κ1) is 9.44. The van der Waals surface area contributed by atoms with E-state index in [0.717, 1.165) is 30.5 Å². The molecule has 0 bridgehead atoms. The summed E-state index contributed by atoms with van der Waals surface area (Å²) >= 11 is 0. The predicted octanol–water partition coefficient (Wildman–Crippen LogP) is 1.71. The average Bonchev–Trinajstić information content (AvgIpc) is 2.85. The van der Waals surface area contributed by atoms with Gasteiger partial charge in [-0.1, -0.05) is 0 Å². The Labute approximate surface area is 93.9 Å². The minimum atomic E-state index is 0.566. The lowest BCUT2D eigenvalue weighted by Gasteiger charge is -2.04. The second kappa shape index (κ2) is 3.36. The van der Waals surface area contributed by atoms with E-state index in [0.29, 0.717) is 5.92 Å². The zero-order valence-corrected chi connectivity index (χ0v) is 8.96. The normalized spacial score (nSPS) is 18.6. The molecule has 3 heteroatoms. The van der Waals surface area contributed by atoms with Crippen molar-refractivity contribution in [3.05, 3.63) is 35.0 Å². The molecule has 0 spiro atoms. The Morgan fingerprint density at radius 3 is 3.06 bits per heavy atom. The molecule has 0 amide bonds. The fourth-order valence-corrected chi connectivity index (χ4v) is 2.60. The van der Waals surface area contributed by atoms with Crippen LogP contribution in [0.2, 0.25) is 0 Å². The third-order valence-electron chi connectivity index (χ3n) is 3.44. The first-order valence-corrected chi connectivity index (χ1v) is 5.55. The highest BCUT2D eigenvalue weighted by molar-refractivity contribution is 5.86. The fourth-order valence-electron chi connectivity index (χ4n) is 2.60. The lowest BCUT2D eigenvalue weighted by atomic mass is 10.0. The Kier molecular flexibility index (Phi) is 1.98. The number of fused-ring (bicyclic) bond motifs is 3. The van der Waals surface area contributed by atoms with Crippen molar-refractivity contribution in [3.63, 3.8) is 0 Å². The lowest BCUT2D eigenvalue weighted by Crippen LogP contribution is -2.14. The third-order valence-corrected chi connectivity index (χ3v) is 3.44. The highest BCUT2D eigenvalue weighted by atomic mass is 14.7. The number of hydrogen-bond acceptors (Lipinski definition) is 2. The van der Waals surface area contributed by atoms with E-state index in [9.17, 15) is 0 Å². The molecule has 0 radical (unpaired) electrons. The first-order valence-electron chi connectivity index (χ1n) is 5.55. The highest BCUT2D eigenvalue weighted by Crippen LogP contribution is 2.32. The third kappa shape index (κ3) is 1.24. The molecule has 0 saturated carbocycles. The van der Waals surface area contributed by atoms with E-state index < -0.39 is 0 Å². The van der Waals surface area contributed by atoms with Gasteiger partial charge in [0.25, 0.3) is 0 Å². The fraction of sp³-hybridized carbons (Fsp3) is 0.308. The summed E-state index contributed by atoms with van der Waals surface area (Å²) in [5, 5.41) is 10.1. The number of hydrogen-bond donors (Lipinski definition) is 2. The number of nitriles is 1. The molecule has 1 aromatic carbocycles. The molecule has 1 unspecified atom stereocenters. The van der Waals surface area contributed by atoms with E-state index in [4.69, 9.17) is 11.0 Å². The molecule has 0 fully saturated rings. The van der Waals surface area contributed by atoms with Crippen LogP contribution in [0.1, 0.15) is 16.8 Å². The maximum Gasteiger partial charge on any atom is 0.0991 e. The number of rotatable bonds is 1. The van der Waals surface area contributed by atoms with Crippen molar-refractivity contribution in [2.75, 3.05) is 6.54 Å². The summed E-state index contributed by atoms with van der Waals surface area (Å²) in [7, 11) is 0. The molecular weight excluding hydrogens is 198 g/mol. The van der Waals surface area contributed by atoms with Gasteiger partial charge in [0, 0.05) is 16.6 Å². The van der Waals surface area contributed by atoms with Gasteiger partial charge in [-0.3, -0.25) is 0 Å². The van der Waals surface area contributed by atoms with Gasteiger partial charge in [0.05, 0.1) is 11.6 Å². The van der Waals surface area contributed by atoms with Crippen molar-refractivity contribution < 1.29 is 0 Å². The van der Waals surface area contributed by atoms with Crippen LogP contribution in [0.3, 0.4) is 0 Å². The van der Waals surface area contributed by atoms with Gasteiger partial charge in [-0.05, 0) is 49.1 Å². The molecule has 2 aromatic rings. The van der Waals surface area contributed by atoms with Crippen LogP contribution in [0.25, 0.3) is 10.9 Å². The quantitative estimate of drug-likeness (QED) is 0.754. The largest absolute Gasteiger partial charge is 0.358 e. The number of benzene rings is 1. The zero-order chi connectivity index (χ0) is 11.1. The second-order valence-corrected chi connectivity index (χ2v) is 4.46.